The van der Waals surface area contributed by atoms with Crippen LogP contribution in [0.4, 0.5) is 0 Å². The summed E-state index contributed by atoms with van der Waals surface area (Å²) in [6.45, 7) is 0.855. The number of halogens is 1. The third-order valence-electron chi connectivity index (χ3n) is 3.79. The fourth-order valence-electron chi connectivity index (χ4n) is 2.59. The summed E-state index contributed by atoms with van der Waals surface area (Å²) >= 11 is 3.47. The second kappa shape index (κ2) is 7.61. The Balaban J connectivity index is 1.85. The summed E-state index contributed by atoms with van der Waals surface area (Å²) in [7, 11) is 1.64. The van der Waals surface area contributed by atoms with Crippen molar-refractivity contribution < 1.29 is 4.74 Å². The lowest BCUT2D eigenvalue weighted by Gasteiger charge is -2.18. The van der Waals surface area contributed by atoms with Crippen molar-refractivity contribution in [1.82, 2.24) is 19.9 Å². The van der Waals surface area contributed by atoms with Crippen molar-refractivity contribution in [2.75, 3.05) is 13.7 Å². The molecule has 3 rings (SSSR count). The van der Waals surface area contributed by atoms with Crippen molar-refractivity contribution in [2.24, 2.45) is 0 Å². The van der Waals surface area contributed by atoms with Gasteiger partial charge in [-0.05, 0) is 17.7 Å². The Labute approximate surface area is 152 Å². The summed E-state index contributed by atoms with van der Waals surface area (Å²) in [6.07, 6.45) is 1.47. The number of hydrogen-bond donors (Lipinski definition) is 2. The van der Waals surface area contributed by atoms with Crippen LogP contribution in [0.15, 0.2) is 45.8 Å². The van der Waals surface area contributed by atoms with Gasteiger partial charge in [0.25, 0.3) is 5.56 Å². The summed E-state index contributed by atoms with van der Waals surface area (Å²) in [6, 6.07) is 11.4. The molecule has 0 aliphatic carbocycles. The van der Waals surface area contributed by atoms with Gasteiger partial charge >= 0.3 is 0 Å². The summed E-state index contributed by atoms with van der Waals surface area (Å²) in [5.41, 5.74) is 2.04. The van der Waals surface area contributed by atoms with Gasteiger partial charge in [0.1, 0.15) is 11.6 Å². The molecular weight excluding hydrogens is 386 g/mol. The Hall–Kier alpha value is -2.47. The summed E-state index contributed by atoms with van der Waals surface area (Å²) in [5.74, 6) is 0. The maximum absolute atomic E-state index is 12.1. The van der Waals surface area contributed by atoms with E-state index in [1.807, 2.05) is 30.3 Å². The molecule has 7 nitrogen and oxygen atoms in total. The fraction of sp³-hybridized carbons (Fsp3) is 0.235. The van der Waals surface area contributed by atoms with Crippen LogP contribution >= 0.6 is 15.9 Å². The predicted octanol–water partition coefficient (Wildman–Crippen LogP) is 2.13. The highest BCUT2D eigenvalue weighted by molar-refractivity contribution is 9.10. The zero-order valence-electron chi connectivity index (χ0n) is 13.5. The summed E-state index contributed by atoms with van der Waals surface area (Å²) < 4.78 is 7.53. The Morgan fingerprint density at radius 2 is 2.32 bits per heavy atom. The van der Waals surface area contributed by atoms with E-state index >= 15 is 0 Å². The van der Waals surface area contributed by atoms with Crippen molar-refractivity contribution >= 4 is 21.6 Å². The van der Waals surface area contributed by atoms with Gasteiger partial charge in [0.15, 0.2) is 5.65 Å². The van der Waals surface area contributed by atoms with E-state index in [-0.39, 0.29) is 11.6 Å². The first-order valence-corrected chi connectivity index (χ1v) is 8.39. The Bertz CT molecular complexity index is 989. The number of nitrogens with one attached hydrogen (secondary N) is 2. The normalized spacial score (nSPS) is 12.2. The van der Waals surface area contributed by atoms with Gasteiger partial charge in [-0.15, -0.1) is 0 Å². The second-order valence-electron chi connectivity index (χ2n) is 5.49. The number of aromatic amines is 1. The molecule has 0 saturated heterocycles. The molecule has 0 spiro atoms. The summed E-state index contributed by atoms with van der Waals surface area (Å²) in [4.78, 5) is 16.5. The largest absolute Gasteiger partial charge is 0.383 e. The lowest BCUT2D eigenvalue weighted by atomic mass is 10.1. The van der Waals surface area contributed by atoms with Crippen molar-refractivity contribution in [3.8, 4) is 6.07 Å². The number of rotatable bonds is 6. The van der Waals surface area contributed by atoms with Gasteiger partial charge in [-0.25, -0.2) is 9.50 Å². The maximum Gasteiger partial charge on any atom is 0.272 e. The van der Waals surface area contributed by atoms with Gasteiger partial charge in [0.2, 0.25) is 0 Å². The third kappa shape index (κ3) is 3.79. The molecule has 0 bridgehead atoms. The van der Waals surface area contributed by atoms with E-state index in [0.29, 0.717) is 30.1 Å². The number of fused-ring (bicyclic) bond motifs is 1. The first kappa shape index (κ1) is 17.4. The average Bonchev–Trinajstić information content (AvgIpc) is 3.02. The van der Waals surface area contributed by atoms with Crippen LogP contribution in [0.3, 0.4) is 0 Å². The molecule has 0 amide bonds. The standard InChI is InChI=1S/C17H16BrN5O2/c1-25-10-15(11-3-2-4-13(18)5-11)20-9-14-6-16(24)23-17(22-14)12(7-19)8-21-23/h2-6,8,15,20-21H,9-10H2,1H3. The van der Waals surface area contributed by atoms with Crippen LogP contribution in [0.2, 0.25) is 0 Å². The van der Waals surface area contributed by atoms with Crippen molar-refractivity contribution in [3.05, 3.63) is 68.2 Å². The van der Waals surface area contributed by atoms with E-state index in [1.54, 1.807) is 7.11 Å². The molecule has 3 aromatic rings. The number of hydrogen-bond acceptors (Lipinski definition) is 5. The number of methoxy groups -OCH3 is 1. The minimum atomic E-state index is -0.256. The molecule has 25 heavy (non-hydrogen) atoms. The zero-order chi connectivity index (χ0) is 17.8. The molecule has 8 heteroatoms. The SMILES string of the molecule is COCC(NCc1cc(=O)n2[nH]cc(C#N)c2n1)c1cccc(Br)c1. The number of ether oxygens (including phenoxy) is 1. The van der Waals surface area contributed by atoms with Crippen LogP contribution in [0, 0.1) is 11.3 Å². The predicted molar refractivity (Wildman–Crippen MR) is 96.1 cm³/mol. The first-order chi connectivity index (χ1) is 12.1. The van der Waals surface area contributed by atoms with Crippen LogP contribution in [-0.4, -0.2) is 28.3 Å². The topological polar surface area (TPSA) is 95.2 Å². The highest BCUT2D eigenvalue weighted by atomic mass is 79.9. The maximum atomic E-state index is 12.1. The molecular formula is C17H16BrN5O2. The molecule has 0 aliphatic rings. The molecule has 2 heterocycles. The monoisotopic (exact) mass is 401 g/mol. The fourth-order valence-corrected chi connectivity index (χ4v) is 3.01. The van der Waals surface area contributed by atoms with Gasteiger partial charge in [-0.1, -0.05) is 28.1 Å². The molecule has 2 N–H and O–H groups in total. The number of aromatic nitrogens is 3. The lowest BCUT2D eigenvalue weighted by Crippen LogP contribution is -2.26. The number of H-pyrrole nitrogens is 1. The average molecular weight is 402 g/mol. The lowest BCUT2D eigenvalue weighted by molar-refractivity contribution is 0.166. The molecule has 2 aromatic heterocycles. The first-order valence-electron chi connectivity index (χ1n) is 7.60. The quantitative estimate of drug-likeness (QED) is 0.659. The molecule has 0 aliphatic heterocycles. The minimum absolute atomic E-state index is 0.0515. The molecule has 0 radical (unpaired) electrons. The Morgan fingerprint density at radius 1 is 1.48 bits per heavy atom. The molecule has 1 aromatic carbocycles. The third-order valence-corrected chi connectivity index (χ3v) is 4.28. The van der Waals surface area contributed by atoms with E-state index in [9.17, 15) is 4.79 Å². The molecule has 0 fully saturated rings. The van der Waals surface area contributed by atoms with E-state index in [1.165, 1.54) is 16.8 Å². The summed E-state index contributed by atoms with van der Waals surface area (Å²) in [5, 5.41) is 15.2. The minimum Gasteiger partial charge on any atom is -0.383 e. The van der Waals surface area contributed by atoms with Crippen molar-refractivity contribution in [3.63, 3.8) is 0 Å². The van der Waals surface area contributed by atoms with Gasteiger partial charge < -0.3 is 10.1 Å². The molecule has 1 unspecified atom stereocenters. The van der Waals surface area contributed by atoms with E-state index in [2.05, 4.69) is 31.3 Å². The van der Waals surface area contributed by atoms with Crippen molar-refractivity contribution in [1.29, 1.82) is 5.26 Å². The van der Waals surface area contributed by atoms with Gasteiger partial charge in [-0.2, -0.15) is 5.26 Å². The smallest absolute Gasteiger partial charge is 0.272 e. The second-order valence-corrected chi connectivity index (χ2v) is 6.40. The molecule has 0 saturated carbocycles. The van der Waals surface area contributed by atoms with Crippen LogP contribution < -0.4 is 10.9 Å². The van der Waals surface area contributed by atoms with Gasteiger partial charge in [-0.3, -0.25) is 9.89 Å². The molecule has 1 atom stereocenters. The van der Waals surface area contributed by atoms with Crippen LogP contribution in [0.5, 0.6) is 0 Å². The molecule has 128 valence electrons. The van der Waals surface area contributed by atoms with Gasteiger partial charge in [0, 0.05) is 30.4 Å². The van der Waals surface area contributed by atoms with Crippen LogP contribution in [0.25, 0.3) is 5.65 Å². The number of nitrogens with zero attached hydrogens (tertiary/aromatic N) is 3. The van der Waals surface area contributed by atoms with E-state index in [4.69, 9.17) is 10.00 Å². The highest BCUT2D eigenvalue weighted by Gasteiger charge is 2.13. The number of nitriles is 1. The Kier molecular flexibility index (Phi) is 5.28. The van der Waals surface area contributed by atoms with Crippen LogP contribution in [0.1, 0.15) is 22.9 Å². The van der Waals surface area contributed by atoms with Gasteiger partial charge in [0.05, 0.1) is 18.3 Å². The van der Waals surface area contributed by atoms with Crippen molar-refractivity contribution in [2.45, 2.75) is 12.6 Å². The van der Waals surface area contributed by atoms with E-state index in [0.717, 1.165) is 10.0 Å². The highest BCUT2D eigenvalue weighted by Crippen LogP contribution is 2.19. The Morgan fingerprint density at radius 3 is 3.04 bits per heavy atom. The zero-order valence-corrected chi connectivity index (χ0v) is 15.1. The van der Waals surface area contributed by atoms with E-state index < -0.39 is 0 Å². The number of benzene rings is 1. The van der Waals surface area contributed by atoms with Crippen LogP contribution in [-0.2, 0) is 11.3 Å².